The van der Waals surface area contributed by atoms with Crippen molar-refractivity contribution in [3.63, 3.8) is 0 Å². The molecule has 0 bridgehead atoms. The Morgan fingerprint density at radius 3 is 2.24 bits per heavy atom. The van der Waals surface area contributed by atoms with Crippen molar-refractivity contribution >= 4 is 17.8 Å². The van der Waals surface area contributed by atoms with Gasteiger partial charge in [0.15, 0.2) is 12.1 Å². The van der Waals surface area contributed by atoms with Crippen LogP contribution in [0.15, 0.2) is 12.7 Å². The molecule has 0 aromatic rings. The highest BCUT2D eigenvalue weighted by molar-refractivity contribution is 5.86. The van der Waals surface area contributed by atoms with Crippen LogP contribution in [0.25, 0.3) is 0 Å². The molecule has 33 heavy (non-hydrogen) atoms. The second-order valence-electron chi connectivity index (χ2n) is 9.58. The average molecular weight is 471 g/mol. The summed E-state index contributed by atoms with van der Waals surface area (Å²) >= 11 is 0. The lowest BCUT2D eigenvalue weighted by molar-refractivity contribution is -0.140. The van der Waals surface area contributed by atoms with Gasteiger partial charge in [-0.1, -0.05) is 13.0 Å². The van der Waals surface area contributed by atoms with Gasteiger partial charge in [0, 0.05) is 19.4 Å². The van der Waals surface area contributed by atoms with Gasteiger partial charge in [-0.15, -0.1) is 6.58 Å². The summed E-state index contributed by atoms with van der Waals surface area (Å²) in [4.78, 5) is 39.5. The Kier molecular flexibility index (Phi) is 10.5. The molecule has 0 saturated carbocycles. The number of nitrogens with one attached hydrogen (secondary N) is 1. The van der Waals surface area contributed by atoms with Crippen molar-refractivity contribution in [2.75, 3.05) is 13.2 Å². The normalized spacial score (nSPS) is 24.5. The Balaban J connectivity index is 3.56. The number of nitrogens with zero attached hydrogens (tertiary/aromatic N) is 1. The third-order valence-corrected chi connectivity index (χ3v) is 5.84. The average Bonchev–Trinajstić information content (AvgIpc) is 3.08. The van der Waals surface area contributed by atoms with Gasteiger partial charge in [-0.3, -0.25) is 14.5 Å². The Morgan fingerprint density at radius 2 is 1.82 bits per heavy atom. The number of hydrogen-bond acceptors (Lipinski definition) is 7. The quantitative estimate of drug-likeness (QED) is 0.352. The molecule has 1 aliphatic heterocycles. The first kappa shape index (κ1) is 29.1. The highest BCUT2D eigenvalue weighted by atomic mass is 16.7. The van der Waals surface area contributed by atoms with Gasteiger partial charge in [-0.25, -0.2) is 4.79 Å². The standard InChI is InChI=1S/C24H42N2O7/c1-10-24(30,11-2)21(25-16(5)28)20-18(14-32-17(6)31-12-3)13-19(15(4)27)26(20)22(29)33-23(7,8)9/h10,17-21,30H,1,11-14H2,2-9H3,(H,25,28)/t17?,18-,19+,20+,21?,24-/m0/s1. The molecule has 0 aromatic heterocycles. The monoisotopic (exact) mass is 470 g/mol. The molecule has 2 amide bonds. The molecule has 1 rings (SSSR count). The molecule has 0 spiro atoms. The third-order valence-electron chi connectivity index (χ3n) is 5.84. The molecule has 1 saturated heterocycles. The Bertz CT molecular complexity index is 705. The fourth-order valence-corrected chi connectivity index (χ4v) is 4.26. The number of aliphatic hydroxyl groups is 1. The Morgan fingerprint density at radius 1 is 1.21 bits per heavy atom. The van der Waals surface area contributed by atoms with E-state index in [1.807, 2.05) is 6.92 Å². The predicted octanol–water partition coefficient (Wildman–Crippen LogP) is 2.80. The first-order chi connectivity index (χ1) is 15.2. The van der Waals surface area contributed by atoms with Crippen LogP contribution in [0, 0.1) is 5.92 Å². The van der Waals surface area contributed by atoms with Crippen LogP contribution in [0.3, 0.4) is 0 Å². The molecule has 2 N–H and O–H groups in total. The molecule has 9 heteroatoms. The number of ketones is 1. The summed E-state index contributed by atoms with van der Waals surface area (Å²) in [5, 5.41) is 14.2. The number of ether oxygens (including phenoxy) is 3. The van der Waals surface area contributed by atoms with E-state index in [4.69, 9.17) is 14.2 Å². The zero-order valence-corrected chi connectivity index (χ0v) is 21.3. The number of rotatable bonds is 11. The summed E-state index contributed by atoms with van der Waals surface area (Å²) < 4.78 is 16.9. The molecule has 6 atom stereocenters. The molecule has 2 unspecified atom stereocenters. The van der Waals surface area contributed by atoms with Crippen molar-refractivity contribution in [3.8, 4) is 0 Å². The van der Waals surface area contributed by atoms with E-state index in [0.29, 0.717) is 13.0 Å². The molecule has 190 valence electrons. The van der Waals surface area contributed by atoms with E-state index in [0.717, 1.165) is 0 Å². The van der Waals surface area contributed by atoms with Crippen LogP contribution in [-0.4, -0.2) is 76.6 Å². The topological polar surface area (TPSA) is 114 Å². The summed E-state index contributed by atoms with van der Waals surface area (Å²) in [5.41, 5.74) is -2.34. The number of carbonyl (C=O) groups excluding carboxylic acids is 3. The SMILES string of the molecule is C=C[C@](O)(CC)C(NC(C)=O)[C@H]1[C@H](COC(C)OCC)C[C@H](C(C)=O)N1C(=O)OC(C)(C)C. The summed E-state index contributed by atoms with van der Waals surface area (Å²) in [7, 11) is 0. The zero-order valence-electron chi connectivity index (χ0n) is 21.3. The number of amides is 2. The number of hydrogen-bond donors (Lipinski definition) is 2. The maximum absolute atomic E-state index is 13.3. The second kappa shape index (κ2) is 11.9. The predicted molar refractivity (Wildman–Crippen MR) is 125 cm³/mol. The highest BCUT2D eigenvalue weighted by Crippen LogP contribution is 2.38. The molecule has 0 aliphatic carbocycles. The number of carbonyl (C=O) groups is 3. The van der Waals surface area contributed by atoms with Crippen molar-refractivity contribution in [1.82, 2.24) is 10.2 Å². The fourth-order valence-electron chi connectivity index (χ4n) is 4.26. The van der Waals surface area contributed by atoms with Gasteiger partial charge in [-0.2, -0.15) is 0 Å². The molecule has 1 aliphatic rings. The third kappa shape index (κ3) is 7.79. The van der Waals surface area contributed by atoms with Crippen molar-refractivity contribution in [3.05, 3.63) is 12.7 Å². The van der Waals surface area contributed by atoms with Gasteiger partial charge in [0.05, 0.1) is 24.7 Å². The lowest BCUT2D eigenvalue weighted by atomic mass is 9.81. The summed E-state index contributed by atoms with van der Waals surface area (Å²) in [5.74, 6) is -0.984. The first-order valence-electron chi connectivity index (χ1n) is 11.6. The molecule has 1 heterocycles. The minimum atomic E-state index is -1.54. The van der Waals surface area contributed by atoms with E-state index in [1.165, 1.54) is 24.8 Å². The van der Waals surface area contributed by atoms with E-state index >= 15 is 0 Å². The lowest BCUT2D eigenvalue weighted by Gasteiger charge is -2.43. The van der Waals surface area contributed by atoms with Gasteiger partial charge in [0.25, 0.3) is 0 Å². The summed E-state index contributed by atoms with van der Waals surface area (Å²) in [6.45, 7) is 17.7. The van der Waals surface area contributed by atoms with Crippen LogP contribution in [-0.2, 0) is 23.8 Å². The zero-order chi connectivity index (χ0) is 25.6. The smallest absolute Gasteiger partial charge is 0.411 e. The van der Waals surface area contributed by atoms with Crippen molar-refractivity contribution in [2.24, 2.45) is 5.92 Å². The minimum absolute atomic E-state index is 0.155. The molecule has 1 fully saturated rings. The Labute approximate surface area is 197 Å². The Hall–Kier alpha value is -1.97. The molecular weight excluding hydrogens is 428 g/mol. The summed E-state index contributed by atoms with van der Waals surface area (Å²) in [6, 6.07) is -2.51. The summed E-state index contributed by atoms with van der Waals surface area (Å²) in [6.07, 6.45) is 0.707. The van der Waals surface area contributed by atoms with Crippen LogP contribution in [0.2, 0.25) is 0 Å². The van der Waals surface area contributed by atoms with Crippen LogP contribution in [0.4, 0.5) is 4.79 Å². The van der Waals surface area contributed by atoms with E-state index < -0.39 is 41.7 Å². The van der Waals surface area contributed by atoms with E-state index in [9.17, 15) is 19.5 Å². The number of Topliss-reactive ketones (excluding diaryl/α,β-unsaturated/α-hetero) is 1. The van der Waals surface area contributed by atoms with Crippen molar-refractivity contribution < 1.29 is 33.7 Å². The first-order valence-corrected chi connectivity index (χ1v) is 11.6. The van der Waals surface area contributed by atoms with Crippen LogP contribution in [0.5, 0.6) is 0 Å². The van der Waals surface area contributed by atoms with Crippen LogP contribution < -0.4 is 5.32 Å². The van der Waals surface area contributed by atoms with Gasteiger partial charge in [-0.05, 0) is 54.4 Å². The highest BCUT2D eigenvalue weighted by Gasteiger charge is 2.54. The minimum Gasteiger partial charge on any atom is -0.444 e. The fraction of sp³-hybridized carbons (Fsp3) is 0.792. The second-order valence-corrected chi connectivity index (χ2v) is 9.58. The lowest BCUT2D eigenvalue weighted by Crippen LogP contribution is -2.64. The largest absolute Gasteiger partial charge is 0.444 e. The van der Waals surface area contributed by atoms with Gasteiger partial charge < -0.3 is 24.6 Å². The van der Waals surface area contributed by atoms with Crippen LogP contribution in [0.1, 0.15) is 68.2 Å². The maximum Gasteiger partial charge on any atom is 0.411 e. The molecule has 9 nitrogen and oxygen atoms in total. The van der Waals surface area contributed by atoms with Gasteiger partial charge in [0.2, 0.25) is 5.91 Å². The molecule has 0 radical (unpaired) electrons. The maximum atomic E-state index is 13.3. The molecule has 0 aromatic carbocycles. The van der Waals surface area contributed by atoms with Crippen molar-refractivity contribution in [1.29, 1.82) is 0 Å². The van der Waals surface area contributed by atoms with Crippen LogP contribution >= 0.6 is 0 Å². The van der Waals surface area contributed by atoms with Gasteiger partial charge in [0.1, 0.15) is 11.2 Å². The number of likely N-dealkylation sites (tertiary alicyclic amines) is 1. The van der Waals surface area contributed by atoms with E-state index in [1.54, 1.807) is 34.6 Å². The van der Waals surface area contributed by atoms with E-state index in [-0.39, 0.29) is 30.6 Å². The van der Waals surface area contributed by atoms with E-state index in [2.05, 4.69) is 11.9 Å². The van der Waals surface area contributed by atoms with Crippen molar-refractivity contribution in [2.45, 2.75) is 104 Å². The molecular formula is C24H42N2O7. The van der Waals surface area contributed by atoms with Gasteiger partial charge >= 0.3 is 6.09 Å².